The molecule has 1 aromatic carbocycles. The Bertz CT molecular complexity index is 1250. The number of benzene rings is 1. The first-order chi connectivity index (χ1) is 16.6. The number of amides is 2. The van der Waals surface area contributed by atoms with Crippen LogP contribution in [0.25, 0.3) is 22.4 Å². The second-order valence-corrected chi connectivity index (χ2v) is 10.2. The Morgan fingerprint density at radius 2 is 2.06 bits per heavy atom. The van der Waals surface area contributed by atoms with Gasteiger partial charge < -0.3 is 10.2 Å². The summed E-state index contributed by atoms with van der Waals surface area (Å²) in [6, 6.07) is 13.3. The lowest BCUT2D eigenvalue weighted by Gasteiger charge is -2.34. The van der Waals surface area contributed by atoms with Crippen molar-refractivity contribution < 1.29 is 14.0 Å². The summed E-state index contributed by atoms with van der Waals surface area (Å²) in [6.07, 6.45) is 3.62. The molecule has 1 atom stereocenters. The molecule has 1 unspecified atom stereocenters. The minimum absolute atomic E-state index is 0.0643. The maximum absolute atomic E-state index is 13.3. The fourth-order valence-corrected chi connectivity index (χ4v) is 5.95. The van der Waals surface area contributed by atoms with Gasteiger partial charge in [-0.3, -0.25) is 19.4 Å². The normalized spacial score (nSPS) is 16.6. The molecule has 34 heavy (non-hydrogen) atoms. The van der Waals surface area contributed by atoms with E-state index in [-0.39, 0.29) is 17.9 Å². The van der Waals surface area contributed by atoms with Crippen LogP contribution in [0.2, 0.25) is 0 Å². The number of nitrogens with zero attached hydrogens (tertiary/aromatic N) is 3. The van der Waals surface area contributed by atoms with Gasteiger partial charge in [0.15, 0.2) is 10.9 Å². The van der Waals surface area contributed by atoms with E-state index in [1.807, 2.05) is 53.2 Å². The average Bonchev–Trinajstić information content (AvgIpc) is 3.61. The highest BCUT2D eigenvalue weighted by molar-refractivity contribution is 7.14. The summed E-state index contributed by atoms with van der Waals surface area (Å²) in [6.45, 7) is 2.08. The van der Waals surface area contributed by atoms with Crippen molar-refractivity contribution in [2.45, 2.75) is 31.7 Å². The average molecular weight is 495 g/mol. The van der Waals surface area contributed by atoms with Crippen molar-refractivity contribution in [3.63, 3.8) is 0 Å². The second kappa shape index (κ2) is 10.1. The number of carbonyl (C=O) groups excluding carboxylic acids is 2. The van der Waals surface area contributed by atoms with E-state index in [4.69, 9.17) is 15.1 Å². The van der Waals surface area contributed by atoms with Crippen LogP contribution < -0.4 is 10.6 Å². The van der Waals surface area contributed by atoms with Crippen molar-refractivity contribution in [1.29, 1.82) is 0 Å². The van der Waals surface area contributed by atoms with Gasteiger partial charge in [0.05, 0.1) is 10.9 Å². The maximum Gasteiger partial charge on any atom is 0.270 e. The molecule has 1 aliphatic rings. The topological polar surface area (TPSA) is 92.7 Å². The van der Waals surface area contributed by atoms with Crippen LogP contribution in [-0.4, -0.2) is 47.4 Å². The molecule has 1 aliphatic heterocycles. The van der Waals surface area contributed by atoms with Crippen LogP contribution in [0.15, 0.2) is 57.6 Å². The number of carbonyl (C=O) groups is 2. The number of thiazole rings is 1. The van der Waals surface area contributed by atoms with Gasteiger partial charge in [-0.15, -0.1) is 22.7 Å². The monoisotopic (exact) mass is 494 g/mol. The van der Waals surface area contributed by atoms with Crippen molar-refractivity contribution >= 4 is 50.6 Å². The van der Waals surface area contributed by atoms with Crippen molar-refractivity contribution in [3.05, 3.63) is 58.1 Å². The molecule has 0 saturated carbocycles. The smallest absolute Gasteiger partial charge is 0.270 e. The molecule has 4 aromatic rings. The number of fused-ring (bicyclic) bond motifs is 1. The van der Waals surface area contributed by atoms with E-state index in [1.54, 1.807) is 4.90 Å². The van der Waals surface area contributed by atoms with E-state index in [1.165, 1.54) is 22.7 Å². The van der Waals surface area contributed by atoms with Gasteiger partial charge in [-0.05, 0) is 49.4 Å². The van der Waals surface area contributed by atoms with Crippen LogP contribution >= 0.6 is 22.7 Å². The number of piperidine rings is 1. The first kappa shape index (κ1) is 22.8. The lowest BCUT2D eigenvalue weighted by Crippen LogP contribution is -2.48. The SMILES string of the molecule is NC(=O)C1CCCCN1CCCN(C(=O)c1cccs1)c1nc(-c2cc3ccccc3o2)cs1. The molecule has 1 saturated heterocycles. The zero-order valence-electron chi connectivity index (χ0n) is 18.7. The van der Waals surface area contributed by atoms with Crippen LogP contribution in [0, 0.1) is 0 Å². The number of aromatic nitrogens is 1. The van der Waals surface area contributed by atoms with Crippen LogP contribution in [0.5, 0.6) is 0 Å². The van der Waals surface area contributed by atoms with Gasteiger partial charge in [0.2, 0.25) is 5.91 Å². The number of rotatable bonds is 8. The molecule has 0 spiro atoms. The molecule has 0 radical (unpaired) electrons. The summed E-state index contributed by atoms with van der Waals surface area (Å²) in [4.78, 5) is 34.5. The molecule has 176 valence electrons. The highest BCUT2D eigenvalue weighted by Crippen LogP contribution is 2.32. The Balaban J connectivity index is 1.35. The number of para-hydroxylation sites is 1. The Morgan fingerprint density at radius 3 is 2.85 bits per heavy atom. The molecule has 0 bridgehead atoms. The number of likely N-dealkylation sites (tertiary alicyclic amines) is 1. The Hall–Kier alpha value is -3.01. The van der Waals surface area contributed by atoms with Gasteiger partial charge in [-0.1, -0.05) is 30.7 Å². The van der Waals surface area contributed by atoms with Gasteiger partial charge in [-0.25, -0.2) is 4.98 Å². The summed E-state index contributed by atoms with van der Waals surface area (Å²) in [5, 5.41) is 5.48. The Kier molecular flexibility index (Phi) is 6.75. The number of primary amides is 1. The molecule has 5 rings (SSSR count). The minimum atomic E-state index is -0.262. The van der Waals surface area contributed by atoms with Gasteiger partial charge >= 0.3 is 0 Å². The third-order valence-corrected chi connectivity index (χ3v) is 7.87. The molecule has 2 amide bonds. The van der Waals surface area contributed by atoms with E-state index in [0.29, 0.717) is 34.6 Å². The van der Waals surface area contributed by atoms with Crippen molar-refractivity contribution in [2.75, 3.05) is 24.5 Å². The van der Waals surface area contributed by atoms with E-state index in [9.17, 15) is 9.59 Å². The maximum atomic E-state index is 13.3. The molecule has 4 heterocycles. The highest BCUT2D eigenvalue weighted by Gasteiger charge is 2.27. The molecular formula is C25H26N4O3S2. The summed E-state index contributed by atoms with van der Waals surface area (Å²) >= 11 is 2.85. The van der Waals surface area contributed by atoms with Gasteiger partial charge in [0, 0.05) is 23.9 Å². The van der Waals surface area contributed by atoms with E-state index >= 15 is 0 Å². The number of furan rings is 1. The van der Waals surface area contributed by atoms with Gasteiger partial charge in [-0.2, -0.15) is 0 Å². The largest absolute Gasteiger partial charge is 0.454 e. The lowest BCUT2D eigenvalue weighted by atomic mass is 10.0. The molecular weight excluding hydrogens is 468 g/mol. The first-order valence-corrected chi connectivity index (χ1v) is 13.2. The fraction of sp³-hybridized carbons (Fsp3) is 0.320. The Labute approximate surface area is 205 Å². The number of nitrogens with two attached hydrogens (primary N) is 1. The summed E-state index contributed by atoms with van der Waals surface area (Å²) in [5.41, 5.74) is 7.14. The summed E-state index contributed by atoms with van der Waals surface area (Å²) in [7, 11) is 0. The van der Waals surface area contributed by atoms with Crippen molar-refractivity contribution in [1.82, 2.24) is 9.88 Å². The van der Waals surface area contributed by atoms with Crippen LogP contribution in [0.4, 0.5) is 5.13 Å². The van der Waals surface area contributed by atoms with Gasteiger partial charge in [0.1, 0.15) is 11.3 Å². The third kappa shape index (κ3) is 4.77. The third-order valence-electron chi connectivity index (χ3n) is 6.15. The Morgan fingerprint density at radius 1 is 1.18 bits per heavy atom. The summed E-state index contributed by atoms with van der Waals surface area (Å²) < 4.78 is 5.97. The highest BCUT2D eigenvalue weighted by atomic mass is 32.1. The molecule has 1 fully saturated rings. The predicted molar refractivity (Wildman–Crippen MR) is 136 cm³/mol. The number of hydrogen-bond acceptors (Lipinski definition) is 7. The number of hydrogen-bond donors (Lipinski definition) is 1. The molecule has 0 aliphatic carbocycles. The van der Waals surface area contributed by atoms with Crippen LogP contribution in [0.1, 0.15) is 35.4 Å². The lowest BCUT2D eigenvalue weighted by molar-refractivity contribution is -0.124. The molecule has 2 N–H and O–H groups in total. The second-order valence-electron chi connectivity index (χ2n) is 8.40. The summed E-state index contributed by atoms with van der Waals surface area (Å²) in [5.74, 6) is 0.358. The van der Waals surface area contributed by atoms with Crippen LogP contribution in [-0.2, 0) is 4.79 Å². The molecule has 3 aromatic heterocycles. The van der Waals surface area contributed by atoms with Crippen molar-refractivity contribution in [3.8, 4) is 11.5 Å². The quantitative estimate of drug-likeness (QED) is 0.372. The first-order valence-electron chi connectivity index (χ1n) is 11.4. The fourth-order valence-electron chi connectivity index (χ4n) is 4.44. The van der Waals surface area contributed by atoms with E-state index in [2.05, 4.69) is 4.90 Å². The number of anilines is 1. The zero-order valence-corrected chi connectivity index (χ0v) is 20.3. The van der Waals surface area contributed by atoms with Gasteiger partial charge in [0.25, 0.3) is 5.91 Å². The van der Waals surface area contributed by atoms with Crippen molar-refractivity contribution in [2.24, 2.45) is 5.73 Å². The number of thiophene rings is 1. The van der Waals surface area contributed by atoms with E-state index < -0.39 is 0 Å². The zero-order chi connectivity index (χ0) is 23.5. The van der Waals surface area contributed by atoms with E-state index in [0.717, 1.165) is 43.2 Å². The standard InChI is InChI=1S/C25H26N4O3S2/c26-23(30)19-8-3-4-11-28(19)12-6-13-29(24(31)22-10-5-14-33-22)25-27-18(16-34-25)21-15-17-7-1-2-9-20(17)32-21/h1-2,5,7,9-10,14-16,19H,3-4,6,8,11-13H2,(H2,26,30). The minimum Gasteiger partial charge on any atom is -0.454 e. The molecule has 9 heteroatoms. The molecule has 7 nitrogen and oxygen atoms in total. The van der Waals surface area contributed by atoms with Crippen LogP contribution in [0.3, 0.4) is 0 Å². The predicted octanol–water partition coefficient (Wildman–Crippen LogP) is 4.99.